The van der Waals surface area contributed by atoms with Crippen molar-refractivity contribution in [3.8, 4) is 0 Å². The van der Waals surface area contributed by atoms with Crippen molar-refractivity contribution in [2.45, 2.75) is 46.0 Å². The second kappa shape index (κ2) is 8.03. The van der Waals surface area contributed by atoms with Gasteiger partial charge in [0.25, 0.3) is 0 Å². The zero-order valence-corrected chi connectivity index (χ0v) is 17.6. The summed E-state index contributed by atoms with van der Waals surface area (Å²) in [5.74, 6) is 1.21. The van der Waals surface area contributed by atoms with Gasteiger partial charge in [-0.3, -0.25) is 9.79 Å². The first-order valence-electron chi connectivity index (χ1n) is 8.47. The minimum atomic E-state index is -0.241. The van der Waals surface area contributed by atoms with E-state index in [4.69, 9.17) is 0 Å². The van der Waals surface area contributed by atoms with Crippen LogP contribution < -0.4 is 5.32 Å². The highest BCUT2D eigenvalue weighted by Gasteiger charge is 2.42. The van der Waals surface area contributed by atoms with E-state index in [1.54, 1.807) is 4.90 Å². The van der Waals surface area contributed by atoms with E-state index in [9.17, 15) is 4.79 Å². The first-order chi connectivity index (χ1) is 10.3. The lowest BCUT2D eigenvalue weighted by atomic mass is 9.84. The predicted octanol–water partition coefficient (Wildman–Crippen LogP) is 2.56. The molecule has 1 N–H and O–H groups in total. The molecule has 1 amide bonds. The van der Waals surface area contributed by atoms with Crippen LogP contribution in [0.5, 0.6) is 0 Å². The first-order valence-corrected chi connectivity index (χ1v) is 8.47. The molecule has 0 bridgehead atoms. The van der Waals surface area contributed by atoms with Crippen molar-refractivity contribution in [3.05, 3.63) is 0 Å². The van der Waals surface area contributed by atoms with Gasteiger partial charge >= 0.3 is 0 Å². The maximum absolute atomic E-state index is 12.6. The highest BCUT2D eigenvalue weighted by Crippen LogP contribution is 2.39. The number of amides is 1. The molecule has 0 atom stereocenters. The fourth-order valence-corrected chi connectivity index (χ4v) is 3.87. The largest absolute Gasteiger partial charge is 0.355 e. The van der Waals surface area contributed by atoms with E-state index in [-0.39, 0.29) is 35.3 Å². The van der Waals surface area contributed by atoms with Crippen LogP contribution in [0.2, 0.25) is 0 Å². The van der Waals surface area contributed by atoms with Crippen molar-refractivity contribution >= 4 is 35.8 Å². The summed E-state index contributed by atoms with van der Waals surface area (Å²) >= 11 is 0. The minimum absolute atomic E-state index is 0. The van der Waals surface area contributed by atoms with Crippen LogP contribution in [0, 0.1) is 10.8 Å². The molecule has 0 aromatic rings. The molecule has 2 rings (SSSR count). The Morgan fingerprint density at radius 2 is 1.83 bits per heavy atom. The van der Waals surface area contributed by atoms with Crippen LogP contribution in [-0.4, -0.2) is 62.4 Å². The topological polar surface area (TPSA) is 47.9 Å². The number of aliphatic imine (C=N–C) groups is 1. The van der Waals surface area contributed by atoms with E-state index in [2.05, 4.69) is 29.1 Å². The lowest BCUT2D eigenvalue weighted by Gasteiger charge is -2.33. The molecule has 5 nitrogen and oxygen atoms in total. The Hall–Kier alpha value is -0.530. The number of guanidine groups is 1. The van der Waals surface area contributed by atoms with E-state index in [1.165, 1.54) is 6.42 Å². The third-order valence-corrected chi connectivity index (χ3v) is 5.19. The fourth-order valence-electron chi connectivity index (χ4n) is 3.87. The van der Waals surface area contributed by atoms with Gasteiger partial charge in [-0.25, -0.2) is 0 Å². The van der Waals surface area contributed by atoms with Gasteiger partial charge in [-0.2, -0.15) is 0 Å². The number of nitrogens with one attached hydrogen (secondary N) is 1. The SMILES string of the molecule is CN=C(NCC1(C(=O)N(C)C)CCCC1)N1CCC(C)(C)C1.I. The maximum Gasteiger partial charge on any atom is 0.230 e. The van der Waals surface area contributed by atoms with Crippen molar-refractivity contribution in [1.82, 2.24) is 15.1 Å². The molecule has 23 heavy (non-hydrogen) atoms. The van der Waals surface area contributed by atoms with Gasteiger partial charge in [-0.15, -0.1) is 24.0 Å². The van der Waals surface area contributed by atoms with Gasteiger partial charge in [-0.1, -0.05) is 26.7 Å². The number of halogens is 1. The number of hydrogen-bond donors (Lipinski definition) is 1. The third kappa shape index (κ3) is 4.73. The molecule has 2 fully saturated rings. The highest BCUT2D eigenvalue weighted by molar-refractivity contribution is 14.0. The number of likely N-dealkylation sites (tertiary alicyclic amines) is 1. The Morgan fingerprint density at radius 3 is 2.26 bits per heavy atom. The van der Waals surface area contributed by atoms with Crippen molar-refractivity contribution in [2.24, 2.45) is 15.8 Å². The molecule has 1 aliphatic heterocycles. The number of rotatable bonds is 3. The molecule has 0 aromatic heterocycles. The zero-order chi connectivity index (χ0) is 16.4. The van der Waals surface area contributed by atoms with E-state index in [0.717, 1.165) is 44.7 Å². The van der Waals surface area contributed by atoms with Gasteiger partial charge in [0, 0.05) is 40.8 Å². The van der Waals surface area contributed by atoms with Crippen molar-refractivity contribution in [2.75, 3.05) is 40.8 Å². The quantitative estimate of drug-likeness (QED) is 0.420. The standard InChI is InChI=1S/C17H32N4O.HI/c1-16(2)10-11-21(13-16)15(18-3)19-12-17(8-6-7-9-17)14(22)20(4)5;/h6-13H2,1-5H3,(H,18,19);1H. The molecule has 0 spiro atoms. The average Bonchev–Trinajstić information content (AvgIpc) is 3.06. The summed E-state index contributed by atoms with van der Waals surface area (Å²) in [4.78, 5) is 21.1. The Balaban J connectivity index is 0.00000264. The minimum Gasteiger partial charge on any atom is -0.355 e. The van der Waals surface area contributed by atoms with E-state index in [1.807, 2.05) is 21.1 Å². The smallest absolute Gasteiger partial charge is 0.230 e. The maximum atomic E-state index is 12.6. The summed E-state index contributed by atoms with van der Waals surface area (Å²) < 4.78 is 0. The van der Waals surface area contributed by atoms with Gasteiger partial charge in [0.2, 0.25) is 5.91 Å². The predicted molar refractivity (Wildman–Crippen MR) is 106 cm³/mol. The van der Waals surface area contributed by atoms with Crippen molar-refractivity contribution < 1.29 is 4.79 Å². The van der Waals surface area contributed by atoms with E-state index in [0.29, 0.717) is 12.0 Å². The van der Waals surface area contributed by atoms with Crippen LogP contribution in [0.15, 0.2) is 4.99 Å². The molecule has 1 saturated carbocycles. The molecule has 6 heteroatoms. The summed E-state index contributed by atoms with van der Waals surface area (Å²) in [6, 6.07) is 0. The fraction of sp³-hybridized carbons (Fsp3) is 0.882. The summed E-state index contributed by atoms with van der Waals surface area (Å²) in [5, 5.41) is 3.50. The van der Waals surface area contributed by atoms with Crippen LogP contribution in [0.3, 0.4) is 0 Å². The molecule has 0 radical (unpaired) electrons. The van der Waals surface area contributed by atoms with E-state index >= 15 is 0 Å². The molecule has 1 saturated heterocycles. The second-order valence-corrected chi connectivity index (χ2v) is 7.92. The van der Waals surface area contributed by atoms with Crippen molar-refractivity contribution in [3.63, 3.8) is 0 Å². The summed E-state index contributed by atoms with van der Waals surface area (Å²) in [5.41, 5.74) is 0.108. The summed E-state index contributed by atoms with van der Waals surface area (Å²) in [7, 11) is 5.56. The Morgan fingerprint density at radius 1 is 1.22 bits per heavy atom. The number of nitrogens with zero attached hydrogens (tertiary/aromatic N) is 3. The van der Waals surface area contributed by atoms with Crippen LogP contribution in [0.4, 0.5) is 0 Å². The lowest BCUT2D eigenvalue weighted by molar-refractivity contribution is -0.138. The third-order valence-electron chi connectivity index (χ3n) is 5.19. The van der Waals surface area contributed by atoms with Gasteiger partial charge in [0.05, 0.1) is 5.41 Å². The molecule has 0 unspecified atom stereocenters. The Bertz CT molecular complexity index is 442. The molecule has 0 aromatic carbocycles. The Labute approximate surface area is 158 Å². The van der Waals surface area contributed by atoms with Crippen LogP contribution in [0.1, 0.15) is 46.0 Å². The molecular formula is C17H33IN4O. The molecule has 1 aliphatic carbocycles. The summed E-state index contributed by atoms with van der Waals surface area (Å²) in [6.07, 6.45) is 5.46. The van der Waals surface area contributed by atoms with Gasteiger partial charge in [-0.05, 0) is 24.7 Å². The first kappa shape index (κ1) is 20.5. The normalized spacial score (nSPS) is 22.7. The molecule has 134 valence electrons. The molecular weight excluding hydrogens is 403 g/mol. The average molecular weight is 436 g/mol. The highest BCUT2D eigenvalue weighted by atomic mass is 127. The van der Waals surface area contributed by atoms with Crippen LogP contribution in [0.25, 0.3) is 0 Å². The number of carbonyl (C=O) groups excluding carboxylic acids is 1. The zero-order valence-electron chi connectivity index (χ0n) is 15.3. The molecule has 1 heterocycles. The van der Waals surface area contributed by atoms with Crippen LogP contribution in [-0.2, 0) is 4.79 Å². The second-order valence-electron chi connectivity index (χ2n) is 7.92. The van der Waals surface area contributed by atoms with Crippen LogP contribution >= 0.6 is 24.0 Å². The van der Waals surface area contributed by atoms with E-state index < -0.39 is 0 Å². The van der Waals surface area contributed by atoms with Crippen molar-refractivity contribution in [1.29, 1.82) is 0 Å². The monoisotopic (exact) mass is 436 g/mol. The van der Waals surface area contributed by atoms with Gasteiger partial charge < -0.3 is 15.1 Å². The number of carbonyl (C=O) groups is 1. The lowest BCUT2D eigenvalue weighted by Crippen LogP contribution is -2.50. The Kier molecular flexibility index (Phi) is 7.16. The molecule has 2 aliphatic rings. The number of hydrogen-bond acceptors (Lipinski definition) is 2. The van der Waals surface area contributed by atoms with Gasteiger partial charge in [0.15, 0.2) is 5.96 Å². The summed E-state index contributed by atoms with van der Waals surface area (Å²) in [6.45, 7) is 7.37. The van der Waals surface area contributed by atoms with Gasteiger partial charge in [0.1, 0.15) is 0 Å².